The Labute approximate surface area is 133 Å². The third-order valence-electron chi connectivity index (χ3n) is 4.19. The first-order valence-corrected chi connectivity index (χ1v) is 7.49. The van der Waals surface area contributed by atoms with Crippen molar-refractivity contribution >= 4 is 5.97 Å². The summed E-state index contributed by atoms with van der Waals surface area (Å²) in [5.74, 6) is -0.955. The van der Waals surface area contributed by atoms with Crippen LogP contribution in [0.15, 0.2) is 18.2 Å². The minimum Gasteiger partial charge on any atom is -0.493 e. The van der Waals surface area contributed by atoms with Gasteiger partial charge in [0.05, 0.1) is 13.0 Å². The van der Waals surface area contributed by atoms with E-state index < -0.39 is 12.6 Å². The van der Waals surface area contributed by atoms with Crippen LogP contribution in [-0.2, 0) is 11.3 Å². The fourth-order valence-electron chi connectivity index (χ4n) is 2.84. The van der Waals surface area contributed by atoms with Gasteiger partial charge in [-0.05, 0) is 37.5 Å². The zero-order valence-electron chi connectivity index (χ0n) is 13.2. The molecule has 0 aromatic heterocycles. The number of piperidine rings is 1. The Morgan fingerprint density at radius 2 is 2.13 bits per heavy atom. The summed E-state index contributed by atoms with van der Waals surface area (Å²) in [6.45, 7) is 0.0461. The molecule has 1 N–H and O–H groups in total. The summed E-state index contributed by atoms with van der Waals surface area (Å²) >= 11 is 0. The summed E-state index contributed by atoms with van der Waals surface area (Å²) in [5.41, 5.74) is 0.777. The quantitative estimate of drug-likeness (QED) is 0.869. The SMILES string of the molecule is COc1ccc(CN2CC(C(=O)O)CCC2C)cc1OC(F)F. The van der Waals surface area contributed by atoms with Crippen LogP contribution in [0.5, 0.6) is 11.5 Å². The van der Waals surface area contributed by atoms with E-state index in [1.54, 1.807) is 12.1 Å². The van der Waals surface area contributed by atoms with Crippen molar-refractivity contribution in [3.05, 3.63) is 23.8 Å². The number of hydrogen-bond acceptors (Lipinski definition) is 4. The zero-order valence-corrected chi connectivity index (χ0v) is 13.2. The first kappa shape index (κ1) is 17.5. The van der Waals surface area contributed by atoms with Crippen molar-refractivity contribution in [2.24, 2.45) is 5.92 Å². The van der Waals surface area contributed by atoms with E-state index in [1.807, 2.05) is 6.92 Å². The summed E-state index contributed by atoms with van der Waals surface area (Å²) < 4.78 is 34.4. The van der Waals surface area contributed by atoms with Crippen LogP contribution in [-0.4, -0.2) is 42.3 Å². The van der Waals surface area contributed by atoms with Gasteiger partial charge in [-0.2, -0.15) is 8.78 Å². The van der Waals surface area contributed by atoms with Gasteiger partial charge in [0, 0.05) is 19.1 Å². The van der Waals surface area contributed by atoms with Crippen LogP contribution >= 0.6 is 0 Å². The Hall–Kier alpha value is -1.89. The highest BCUT2D eigenvalue weighted by atomic mass is 19.3. The summed E-state index contributed by atoms with van der Waals surface area (Å²) in [5, 5.41) is 9.17. The van der Waals surface area contributed by atoms with Gasteiger partial charge in [-0.1, -0.05) is 6.07 Å². The number of alkyl halides is 2. The van der Waals surface area contributed by atoms with Crippen LogP contribution in [0.3, 0.4) is 0 Å². The Balaban J connectivity index is 2.13. The van der Waals surface area contributed by atoms with Crippen molar-refractivity contribution in [1.82, 2.24) is 4.90 Å². The molecule has 0 radical (unpaired) electrons. The molecule has 128 valence electrons. The van der Waals surface area contributed by atoms with Crippen molar-refractivity contribution in [2.75, 3.05) is 13.7 Å². The van der Waals surface area contributed by atoms with Crippen LogP contribution in [0.4, 0.5) is 8.78 Å². The summed E-state index contributed by atoms with van der Waals surface area (Å²) in [6, 6.07) is 5.11. The molecular weight excluding hydrogens is 308 g/mol. The molecule has 2 unspecified atom stereocenters. The molecule has 7 heteroatoms. The lowest BCUT2D eigenvalue weighted by Crippen LogP contribution is -2.43. The van der Waals surface area contributed by atoms with E-state index in [9.17, 15) is 18.7 Å². The third kappa shape index (κ3) is 4.54. The minimum atomic E-state index is -2.93. The van der Waals surface area contributed by atoms with Crippen molar-refractivity contribution in [3.63, 3.8) is 0 Å². The number of rotatable bonds is 6. The highest BCUT2D eigenvalue weighted by Gasteiger charge is 2.29. The second-order valence-corrected chi connectivity index (χ2v) is 5.75. The lowest BCUT2D eigenvalue weighted by molar-refractivity contribution is -0.144. The van der Waals surface area contributed by atoms with Gasteiger partial charge in [0.25, 0.3) is 0 Å². The number of carbonyl (C=O) groups is 1. The van der Waals surface area contributed by atoms with E-state index in [0.29, 0.717) is 19.5 Å². The number of aliphatic carboxylic acids is 1. The normalized spacial score (nSPS) is 22.1. The second-order valence-electron chi connectivity index (χ2n) is 5.75. The maximum absolute atomic E-state index is 12.5. The van der Waals surface area contributed by atoms with Gasteiger partial charge in [0.15, 0.2) is 11.5 Å². The van der Waals surface area contributed by atoms with Crippen LogP contribution in [0.1, 0.15) is 25.3 Å². The highest BCUT2D eigenvalue weighted by Crippen LogP contribution is 2.31. The zero-order chi connectivity index (χ0) is 17.0. The standard InChI is InChI=1S/C16H21F2NO4/c1-10-3-5-12(15(20)21)9-19(10)8-11-4-6-13(22-2)14(7-11)23-16(17)18/h4,6-7,10,12,16H,3,5,8-9H2,1-2H3,(H,20,21). The second kappa shape index (κ2) is 7.59. The molecule has 0 amide bonds. The molecule has 0 aliphatic carbocycles. The van der Waals surface area contributed by atoms with Crippen LogP contribution < -0.4 is 9.47 Å². The fraction of sp³-hybridized carbons (Fsp3) is 0.562. The molecule has 5 nitrogen and oxygen atoms in total. The average molecular weight is 329 g/mol. The first-order valence-electron chi connectivity index (χ1n) is 7.49. The number of carboxylic acid groups (broad SMARTS) is 1. The molecule has 0 bridgehead atoms. The first-order chi connectivity index (χ1) is 10.9. The molecule has 1 aliphatic heterocycles. The molecular formula is C16H21F2NO4. The molecule has 0 saturated carbocycles. The largest absolute Gasteiger partial charge is 0.493 e. The molecule has 1 fully saturated rings. The Bertz CT molecular complexity index is 553. The van der Waals surface area contributed by atoms with E-state index in [1.165, 1.54) is 13.2 Å². The van der Waals surface area contributed by atoms with E-state index in [0.717, 1.165) is 12.0 Å². The lowest BCUT2D eigenvalue weighted by atomic mass is 9.93. The number of halogens is 2. The van der Waals surface area contributed by atoms with Crippen LogP contribution in [0.2, 0.25) is 0 Å². The maximum atomic E-state index is 12.5. The molecule has 23 heavy (non-hydrogen) atoms. The Kier molecular flexibility index (Phi) is 5.76. The van der Waals surface area contributed by atoms with Crippen LogP contribution in [0, 0.1) is 5.92 Å². The Morgan fingerprint density at radius 1 is 1.39 bits per heavy atom. The summed E-state index contributed by atoms with van der Waals surface area (Å²) in [7, 11) is 1.39. The van der Waals surface area contributed by atoms with Gasteiger partial charge in [0.1, 0.15) is 0 Å². The minimum absolute atomic E-state index is 0.0144. The number of hydrogen-bond donors (Lipinski definition) is 1. The average Bonchev–Trinajstić information content (AvgIpc) is 2.49. The monoisotopic (exact) mass is 329 g/mol. The van der Waals surface area contributed by atoms with Crippen molar-refractivity contribution in [1.29, 1.82) is 0 Å². The molecule has 1 heterocycles. The summed E-state index contributed by atoms with van der Waals surface area (Å²) in [6.07, 6.45) is 1.46. The van der Waals surface area contributed by atoms with Gasteiger partial charge < -0.3 is 14.6 Å². The number of ether oxygens (including phenoxy) is 2. The number of nitrogens with zero attached hydrogens (tertiary/aromatic N) is 1. The van der Waals surface area contributed by atoms with Gasteiger partial charge in [-0.25, -0.2) is 0 Å². The molecule has 1 saturated heterocycles. The fourth-order valence-corrected chi connectivity index (χ4v) is 2.84. The number of methoxy groups -OCH3 is 1. The van der Waals surface area contributed by atoms with Crippen molar-refractivity contribution in [2.45, 2.75) is 39.0 Å². The predicted octanol–water partition coefficient (Wildman–Crippen LogP) is 2.98. The van der Waals surface area contributed by atoms with Crippen molar-refractivity contribution < 1.29 is 28.2 Å². The lowest BCUT2D eigenvalue weighted by Gasteiger charge is -2.36. The Morgan fingerprint density at radius 3 is 2.74 bits per heavy atom. The highest BCUT2D eigenvalue weighted by molar-refractivity contribution is 5.70. The maximum Gasteiger partial charge on any atom is 0.387 e. The van der Waals surface area contributed by atoms with E-state index in [-0.39, 0.29) is 23.5 Å². The van der Waals surface area contributed by atoms with E-state index >= 15 is 0 Å². The summed E-state index contributed by atoms with van der Waals surface area (Å²) in [4.78, 5) is 13.2. The predicted molar refractivity (Wildman–Crippen MR) is 79.9 cm³/mol. The number of benzene rings is 1. The van der Waals surface area contributed by atoms with Gasteiger partial charge in [-0.15, -0.1) is 0 Å². The third-order valence-corrected chi connectivity index (χ3v) is 4.19. The molecule has 2 rings (SSSR count). The van der Waals surface area contributed by atoms with E-state index in [2.05, 4.69) is 9.64 Å². The number of carboxylic acids is 1. The molecule has 2 atom stereocenters. The number of likely N-dealkylation sites (tertiary alicyclic amines) is 1. The van der Waals surface area contributed by atoms with E-state index in [4.69, 9.17) is 4.74 Å². The van der Waals surface area contributed by atoms with Crippen molar-refractivity contribution in [3.8, 4) is 11.5 Å². The smallest absolute Gasteiger partial charge is 0.387 e. The van der Waals surface area contributed by atoms with Gasteiger partial charge in [-0.3, -0.25) is 9.69 Å². The van der Waals surface area contributed by atoms with Gasteiger partial charge >= 0.3 is 12.6 Å². The molecule has 1 aromatic carbocycles. The molecule has 1 aliphatic rings. The molecule has 1 aromatic rings. The molecule has 0 spiro atoms. The van der Waals surface area contributed by atoms with Crippen LogP contribution in [0.25, 0.3) is 0 Å². The topological polar surface area (TPSA) is 59.0 Å². The van der Waals surface area contributed by atoms with Gasteiger partial charge in [0.2, 0.25) is 0 Å².